The van der Waals surface area contributed by atoms with Gasteiger partial charge < -0.3 is 4.90 Å². The molecular weight excluding hydrogens is 328 g/mol. The topological polar surface area (TPSA) is 76.2 Å². The summed E-state index contributed by atoms with van der Waals surface area (Å²) in [7, 11) is 3.77. The summed E-state index contributed by atoms with van der Waals surface area (Å²) in [6, 6.07) is 8.82. The Balaban J connectivity index is 2.15. The van der Waals surface area contributed by atoms with Gasteiger partial charge in [-0.3, -0.25) is 14.9 Å². The molecule has 0 unspecified atom stereocenters. The second-order valence-electron chi connectivity index (χ2n) is 5.81. The average molecular weight is 345 g/mol. The molecule has 0 fully saturated rings. The van der Waals surface area contributed by atoms with Crippen molar-refractivity contribution in [3.8, 4) is 0 Å². The van der Waals surface area contributed by atoms with E-state index in [2.05, 4.69) is 10.5 Å². The monoisotopic (exact) mass is 345 g/mol. The molecule has 1 amide bonds. The van der Waals surface area contributed by atoms with Crippen LogP contribution in [0.1, 0.15) is 16.1 Å². The van der Waals surface area contributed by atoms with Crippen LogP contribution in [-0.2, 0) is 6.54 Å². The quantitative estimate of drug-likeness (QED) is 0.431. The first-order chi connectivity index (χ1) is 11.9. The van der Waals surface area contributed by atoms with Gasteiger partial charge in [0.1, 0.15) is 11.6 Å². The van der Waals surface area contributed by atoms with Gasteiger partial charge >= 0.3 is 0 Å². The number of aromatic nitrogens is 2. The number of nitrogens with zero attached hydrogens (tertiary/aromatic N) is 3. The fourth-order valence-corrected chi connectivity index (χ4v) is 2.61. The van der Waals surface area contributed by atoms with Crippen LogP contribution in [0.3, 0.4) is 0 Å². The van der Waals surface area contributed by atoms with E-state index in [-0.39, 0.29) is 17.8 Å². The predicted molar refractivity (Wildman–Crippen MR) is 91.2 cm³/mol. The van der Waals surface area contributed by atoms with Gasteiger partial charge in [-0.1, -0.05) is 6.07 Å². The third-order valence-electron chi connectivity index (χ3n) is 3.93. The van der Waals surface area contributed by atoms with Crippen molar-refractivity contribution in [2.45, 2.75) is 6.54 Å². The largest absolute Gasteiger partial charge is 0.378 e. The Morgan fingerprint density at radius 3 is 2.64 bits per heavy atom. The molecule has 0 aliphatic carbocycles. The fraction of sp³-hybridized carbons (Fsp3) is 0.176. The molecule has 0 aliphatic rings. The van der Waals surface area contributed by atoms with Gasteiger partial charge in [0, 0.05) is 36.8 Å². The molecule has 0 atom stereocenters. The molecule has 6 nitrogen and oxygen atoms in total. The van der Waals surface area contributed by atoms with E-state index in [9.17, 15) is 13.6 Å². The fourth-order valence-electron chi connectivity index (χ4n) is 2.61. The SMILES string of the molecule is CN(C)c1ccc2c(C(=O)NN)nn(Cc3ccc(F)cc3F)c2c1. The first-order valence-electron chi connectivity index (χ1n) is 7.53. The van der Waals surface area contributed by atoms with Gasteiger partial charge in [-0.05, 0) is 24.3 Å². The van der Waals surface area contributed by atoms with E-state index in [0.717, 1.165) is 11.8 Å². The van der Waals surface area contributed by atoms with Crippen LogP contribution >= 0.6 is 0 Å². The van der Waals surface area contributed by atoms with Gasteiger partial charge in [0.2, 0.25) is 0 Å². The number of carbonyl (C=O) groups is 1. The summed E-state index contributed by atoms with van der Waals surface area (Å²) >= 11 is 0. The van der Waals surface area contributed by atoms with Gasteiger partial charge in [0.15, 0.2) is 5.69 Å². The highest BCUT2D eigenvalue weighted by atomic mass is 19.1. The van der Waals surface area contributed by atoms with E-state index < -0.39 is 17.5 Å². The Labute approximate surface area is 142 Å². The molecule has 3 aromatic rings. The van der Waals surface area contributed by atoms with E-state index in [1.165, 1.54) is 16.8 Å². The number of carbonyl (C=O) groups excluding carboxylic acids is 1. The number of nitrogens with one attached hydrogen (secondary N) is 1. The Morgan fingerprint density at radius 1 is 1.24 bits per heavy atom. The maximum Gasteiger partial charge on any atom is 0.286 e. The lowest BCUT2D eigenvalue weighted by molar-refractivity contribution is 0.0949. The molecule has 2 aromatic carbocycles. The number of hydrogen-bond donors (Lipinski definition) is 2. The van der Waals surface area contributed by atoms with Gasteiger partial charge in [0.05, 0.1) is 12.1 Å². The summed E-state index contributed by atoms with van der Waals surface area (Å²) in [5.74, 6) is 3.36. The first kappa shape index (κ1) is 16.8. The number of amides is 1. The Hall–Kier alpha value is -3.00. The molecular formula is C17H17F2N5O. The molecule has 0 saturated carbocycles. The van der Waals surface area contributed by atoms with Gasteiger partial charge in [-0.25, -0.2) is 14.6 Å². The van der Waals surface area contributed by atoms with Crippen molar-refractivity contribution in [1.82, 2.24) is 15.2 Å². The number of hydrazine groups is 1. The number of nitrogens with two attached hydrogens (primary N) is 1. The minimum absolute atomic E-state index is 0.0529. The molecule has 8 heteroatoms. The van der Waals surface area contributed by atoms with Crippen LogP contribution in [0.2, 0.25) is 0 Å². The van der Waals surface area contributed by atoms with Crippen molar-refractivity contribution < 1.29 is 13.6 Å². The summed E-state index contributed by atoms with van der Waals surface area (Å²) in [4.78, 5) is 13.9. The molecule has 0 radical (unpaired) electrons. The Kier molecular flexibility index (Phi) is 4.37. The number of fused-ring (bicyclic) bond motifs is 1. The van der Waals surface area contributed by atoms with Crippen molar-refractivity contribution in [3.05, 3.63) is 59.3 Å². The summed E-state index contributed by atoms with van der Waals surface area (Å²) in [5, 5.41) is 4.86. The zero-order valence-electron chi connectivity index (χ0n) is 13.8. The van der Waals surface area contributed by atoms with Crippen molar-refractivity contribution >= 4 is 22.5 Å². The van der Waals surface area contributed by atoms with Crippen LogP contribution in [-0.4, -0.2) is 29.8 Å². The lowest BCUT2D eigenvalue weighted by atomic mass is 10.1. The molecule has 1 heterocycles. The van der Waals surface area contributed by atoms with Crippen LogP contribution in [0.4, 0.5) is 14.5 Å². The summed E-state index contributed by atoms with van der Waals surface area (Å²) < 4.78 is 28.6. The first-order valence-corrected chi connectivity index (χ1v) is 7.53. The third kappa shape index (κ3) is 3.16. The number of hydrogen-bond acceptors (Lipinski definition) is 4. The average Bonchev–Trinajstić information content (AvgIpc) is 2.94. The summed E-state index contributed by atoms with van der Waals surface area (Å²) in [6.07, 6.45) is 0. The van der Waals surface area contributed by atoms with Gasteiger partial charge in [-0.2, -0.15) is 5.10 Å². The zero-order chi connectivity index (χ0) is 18.1. The van der Waals surface area contributed by atoms with Crippen LogP contribution in [0, 0.1) is 11.6 Å². The minimum atomic E-state index is -0.669. The minimum Gasteiger partial charge on any atom is -0.378 e. The highest BCUT2D eigenvalue weighted by Crippen LogP contribution is 2.25. The van der Waals surface area contributed by atoms with E-state index in [0.29, 0.717) is 10.9 Å². The summed E-state index contributed by atoms with van der Waals surface area (Å²) in [6.45, 7) is 0.0529. The lowest BCUT2D eigenvalue weighted by Crippen LogP contribution is -2.30. The normalized spacial score (nSPS) is 10.9. The molecule has 0 aliphatic heterocycles. The van der Waals surface area contributed by atoms with Gasteiger partial charge in [-0.15, -0.1) is 0 Å². The van der Waals surface area contributed by atoms with E-state index in [1.807, 2.05) is 31.1 Å². The molecule has 130 valence electrons. The number of benzene rings is 2. The van der Waals surface area contributed by atoms with E-state index in [4.69, 9.17) is 5.84 Å². The molecule has 3 rings (SSSR count). The maximum atomic E-state index is 14.0. The smallest absolute Gasteiger partial charge is 0.286 e. The second-order valence-corrected chi connectivity index (χ2v) is 5.81. The van der Waals surface area contributed by atoms with E-state index in [1.54, 1.807) is 6.07 Å². The Morgan fingerprint density at radius 2 is 2.00 bits per heavy atom. The third-order valence-corrected chi connectivity index (χ3v) is 3.93. The maximum absolute atomic E-state index is 14.0. The van der Waals surface area contributed by atoms with Crippen molar-refractivity contribution in [3.63, 3.8) is 0 Å². The number of halogens is 2. The van der Waals surface area contributed by atoms with E-state index >= 15 is 0 Å². The molecule has 0 saturated heterocycles. The standard InChI is InChI=1S/C17H17F2N5O/c1-23(2)12-5-6-13-15(8-12)24(22-16(13)17(25)21-20)9-10-3-4-11(18)7-14(10)19/h3-8H,9,20H2,1-2H3,(H,21,25). The zero-order valence-corrected chi connectivity index (χ0v) is 13.8. The van der Waals surface area contributed by atoms with Crippen LogP contribution in [0.5, 0.6) is 0 Å². The summed E-state index contributed by atoms with van der Waals surface area (Å²) in [5.41, 5.74) is 4.01. The highest BCUT2D eigenvalue weighted by Gasteiger charge is 2.18. The van der Waals surface area contributed by atoms with Gasteiger partial charge in [0.25, 0.3) is 5.91 Å². The number of rotatable bonds is 4. The molecule has 25 heavy (non-hydrogen) atoms. The molecule has 3 N–H and O–H groups in total. The molecule has 1 aromatic heterocycles. The van der Waals surface area contributed by atoms with Crippen molar-refractivity contribution in [2.24, 2.45) is 5.84 Å². The number of anilines is 1. The van der Waals surface area contributed by atoms with Crippen LogP contribution in [0.25, 0.3) is 10.9 Å². The predicted octanol–water partition coefficient (Wildman–Crippen LogP) is 2.03. The van der Waals surface area contributed by atoms with Crippen molar-refractivity contribution in [2.75, 3.05) is 19.0 Å². The van der Waals surface area contributed by atoms with Crippen LogP contribution in [0.15, 0.2) is 36.4 Å². The molecule has 0 bridgehead atoms. The van der Waals surface area contributed by atoms with Crippen LogP contribution < -0.4 is 16.2 Å². The number of nitrogen functional groups attached to an aromatic ring is 1. The lowest BCUT2D eigenvalue weighted by Gasteiger charge is -2.13. The second kappa shape index (κ2) is 6.48. The van der Waals surface area contributed by atoms with Crippen molar-refractivity contribution in [1.29, 1.82) is 0 Å². The highest BCUT2D eigenvalue weighted by molar-refractivity contribution is 6.05. The molecule has 0 spiro atoms. The Bertz CT molecular complexity index is 952.